The average Bonchev–Trinajstić information content (AvgIpc) is 4.07. The summed E-state index contributed by atoms with van der Waals surface area (Å²) in [4.78, 5) is 64.0. The average molecular weight is 842 g/mol. The number of likely N-dealkylation sites (tertiary alicyclic amines) is 1. The molecule has 0 radical (unpaired) electrons. The molecule has 5 fully saturated rings. The van der Waals surface area contributed by atoms with Crippen LogP contribution in [0.4, 0.5) is 4.39 Å². The molecule has 9 rings (SSSR count). The number of hydrogen-bond acceptors (Lipinski definition) is 9. The summed E-state index contributed by atoms with van der Waals surface area (Å²) in [5.74, 6) is -3.06. The molecule has 59 heavy (non-hydrogen) atoms. The maximum absolute atomic E-state index is 16.6. The Bertz CT molecular complexity index is 2290. The van der Waals surface area contributed by atoms with Crippen molar-refractivity contribution in [1.82, 2.24) is 25.2 Å². The minimum atomic E-state index is -4.43. The van der Waals surface area contributed by atoms with Gasteiger partial charge >= 0.3 is 13.5 Å². The van der Waals surface area contributed by atoms with Gasteiger partial charge in [-0.3, -0.25) is 28.7 Å². The maximum Gasteiger partial charge on any atom is 0.355 e. The van der Waals surface area contributed by atoms with E-state index in [2.05, 4.69) is 26.4 Å². The van der Waals surface area contributed by atoms with Crippen LogP contribution in [-0.2, 0) is 23.7 Å². The van der Waals surface area contributed by atoms with Crippen LogP contribution in [0.3, 0.4) is 0 Å². The SMILES string of the molecule is C[C@H](NP(=O)(Oc1ccccc1)[C@@H](F)c1ccc2sc(C(=O)N[C@H]3CCCC[C@H]4CC[C@@H](C(=O)N5C[C@@H](c6cccnc6)CC56CC6)N4C3=O)cc2c1)C(=O)OC1CC1. The third-order valence-electron chi connectivity index (χ3n) is 12.6. The van der Waals surface area contributed by atoms with E-state index in [4.69, 9.17) is 9.26 Å². The molecule has 310 valence electrons. The number of benzene rings is 2. The number of aromatic nitrogens is 1. The van der Waals surface area contributed by atoms with Crippen molar-refractivity contribution in [1.29, 1.82) is 0 Å². The number of alkyl halides is 1. The standard InChI is InChI=1S/C44H49FN5O7PS/c1-27(43(54)56-33-15-16-33)48-58(55,57-34-10-3-2-4-11-34)39(45)28-13-18-37-30(22-28)23-38(59-37)40(51)47-35-12-6-5-9-32-14-17-36(50(32)41(35)52)42(53)49-26-31(24-44(49)19-20-44)29-8-7-21-46-25-29/h2-4,7-8,10-11,13,18,21-23,25,27,31-33,35-36,39H,5-6,9,12,14-17,19-20,24,26H2,1H3,(H,47,51)(H,48,55)/t27-,31-,32-,35-,36-,39+,58?/m0/s1. The highest BCUT2D eigenvalue weighted by Crippen LogP contribution is 2.58. The summed E-state index contributed by atoms with van der Waals surface area (Å²) in [5, 5.41) is 6.18. The Hall–Kier alpha value is -4.65. The lowest BCUT2D eigenvalue weighted by atomic mass is 9.97. The van der Waals surface area contributed by atoms with E-state index in [1.165, 1.54) is 30.4 Å². The normalized spacial score (nSPS) is 25.7. The van der Waals surface area contributed by atoms with Gasteiger partial charge in [-0.15, -0.1) is 11.3 Å². The zero-order valence-corrected chi connectivity index (χ0v) is 34.7. The molecule has 2 aliphatic carbocycles. The second kappa shape index (κ2) is 16.1. The van der Waals surface area contributed by atoms with Gasteiger partial charge in [-0.2, -0.15) is 0 Å². The summed E-state index contributed by atoms with van der Waals surface area (Å²) in [6.07, 6.45) is 12.1. The van der Waals surface area contributed by atoms with Gasteiger partial charge in [-0.05, 0) is 118 Å². The van der Waals surface area contributed by atoms with Gasteiger partial charge in [0.25, 0.3) is 5.91 Å². The molecule has 2 saturated carbocycles. The van der Waals surface area contributed by atoms with E-state index in [1.807, 2.05) is 12.3 Å². The number of fused-ring (bicyclic) bond motifs is 2. The fourth-order valence-electron chi connectivity index (χ4n) is 9.22. The monoisotopic (exact) mass is 841 g/mol. The first-order chi connectivity index (χ1) is 28.5. The van der Waals surface area contributed by atoms with Gasteiger partial charge < -0.3 is 24.4 Å². The Morgan fingerprint density at radius 3 is 2.53 bits per heavy atom. The highest BCUT2D eigenvalue weighted by Gasteiger charge is 2.58. The van der Waals surface area contributed by atoms with Gasteiger partial charge in [-0.25, -0.2) is 9.48 Å². The van der Waals surface area contributed by atoms with Crippen LogP contribution in [0.25, 0.3) is 10.1 Å². The van der Waals surface area contributed by atoms with Crippen LogP contribution in [0.5, 0.6) is 5.75 Å². The Morgan fingerprint density at radius 1 is 0.983 bits per heavy atom. The number of hydrogen-bond donors (Lipinski definition) is 2. The highest BCUT2D eigenvalue weighted by atomic mass is 32.1. The molecule has 15 heteroatoms. The number of amides is 3. The molecule has 1 spiro atoms. The van der Waals surface area contributed by atoms with Gasteiger partial charge in [0.1, 0.15) is 30.0 Å². The van der Waals surface area contributed by atoms with E-state index in [0.717, 1.165) is 63.4 Å². The van der Waals surface area contributed by atoms with Crippen molar-refractivity contribution in [3.63, 3.8) is 0 Å². The first kappa shape index (κ1) is 39.8. The molecule has 7 atom stereocenters. The minimum absolute atomic E-state index is 0.0171. The predicted molar refractivity (Wildman–Crippen MR) is 221 cm³/mol. The summed E-state index contributed by atoms with van der Waals surface area (Å²) < 4.78 is 42.8. The number of nitrogens with one attached hydrogen (secondary N) is 2. The predicted octanol–water partition coefficient (Wildman–Crippen LogP) is 7.80. The van der Waals surface area contributed by atoms with Crippen molar-refractivity contribution in [3.05, 3.63) is 95.1 Å². The summed E-state index contributed by atoms with van der Waals surface area (Å²) in [7, 11) is -4.43. The minimum Gasteiger partial charge on any atom is -0.461 e. The second-order valence-corrected chi connectivity index (χ2v) is 20.1. The fourth-order valence-corrected chi connectivity index (χ4v) is 12.1. The number of rotatable bonds is 12. The molecule has 3 amide bonds. The van der Waals surface area contributed by atoms with Crippen LogP contribution in [0.1, 0.15) is 110 Å². The molecule has 5 heterocycles. The topological polar surface area (TPSA) is 147 Å². The van der Waals surface area contributed by atoms with Crippen molar-refractivity contribution in [2.24, 2.45) is 0 Å². The molecular formula is C44H49FN5O7PS. The summed E-state index contributed by atoms with van der Waals surface area (Å²) in [5.41, 5.74) is 1.03. The lowest BCUT2D eigenvalue weighted by Gasteiger charge is -2.37. The van der Waals surface area contributed by atoms with Crippen molar-refractivity contribution in [2.75, 3.05) is 6.54 Å². The number of carbonyl (C=O) groups is 4. The smallest absolute Gasteiger partial charge is 0.355 e. The Labute approximate surface area is 346 Å². The molecule has 2 aromatic heterocycles. The lowest BCUT2D eigenvalue weighted by Crippen LogP contribution is -2.57. The van der Waals surface area contributed by atoms with Gasteiger partial charge in [0.15, 0.2) is 0 Å². The van der Waals surface area contributed by atoms with Crippen LogP contribution in [-0.4, -0.2) is 80.8 Å². The van der Waals surface area contributed by atoms with E-state index in [1.54, 1.807) is 53.6 Å². The molecule has 1 unspecified atom stereocenters. The second-order valence-electron chi connectivity index (χ2n) is 16.9. The van der Waals surface area contributed by atoms with Crippen LogP contribution in [0.2, 0.25) is 0 Å². The van der Waals surface area contributed by atoms with Crippen LogP contribution < -0.4 is 14.9 Å². The van der Waals surface area contributed by atoms with E-state index < -0.39 is 43.4 Å². The summed E-state index contributed by atoms with van der Waals surface area (Å²) in [6.45, 7) is 2.08. The lowest BCUT2D eigenvalue weighted by molar-refractivity contribution is -0.148. The van der Waals surface area contributed by atoms with E-state index in [9.17, 15) is 23.7 Å². The Balaban J connectivity index is 0.907. The van der Waals surface area contributed by atoms with Crippen molar-refractivity contribution in [2.45, 2.75) is 125 Å². The number of thiophene rings is 1. The number of pyridine rings is 1. The molecule has 3 saturated heterocycles. The van der Waals surface area contributed by atoms with E-state index >= 15 is 4.39 Å². The van der Waals surface area contributed by atoms with Gasteiger partial charge in [0.05, 0.1) is 4.88 Å². The van der Waals surface area contributed by atoms with Crippen LogP contribution in [0, 0.1) is 0 Å². The molecule has 5 aliphatic rings. The van der Waals surface area contributed by atoms with Crippen LogP contribution in [0.15, 0.2) is 79.1 Å². The van der Waals surface area contributed by atoms with Crippen molar-refractivity contribution in [3.8, 4) is 5.75 Å². The highest BCUT2D eigenvalue weighted by molar-refractivity contribution is 7.57. The number of carbonyl (C=O) groups excluding carboxylic acids is 4. The Morgan fingerprint density at radius 2 is 1.78 bits per heavy atom. The van der Waals surface area contributed by atoms with Crippen molar-refractivity contribution >= 4 is 52.6 Å². The number of halogens is 1. The molecule has 0 bridgehead atoms. The molecule has 2 N–H and O–H groups in total. The van der Waals surface area contributed by atoms with Crippen LogP contribution >= 0.6 is 18.9 Å². The van der Waals surface area contributed by atoms with E-state index in [-0.39, 0.29) is 46.7 Å². The van der Waals surface area contributed by atoms with E-state index in [0.29, 0.717) is 34.3 Å². The third kappa shape index (κ3) is 8.15. The first-order valence-corrected chi connectivity index (χ1v) is 23.4. The number of ether oxygens (including phenoxy) is 1. The molecule has 2 aromatic carbocycles. The molecule has 12 nitrogen and oxygen atoms in total. The number of para-hydroxylation sites is 1. The quantitative estimate of drug-likeness (QED) is 0.108. The summed E-state index contributed by atoms with van der Waals surface area (Å²) >= 11 is 1.21. The largest absolute Gasteiger partial charge is 0.461 e. The zero-order valence-electron chi connectivity index (χ0n) is 33.0. The van der Waals surface area contributed by atoms with Gasteiger partial charge in [0, 0.05) is 41.1 Å². The third-order valence-corrected chi connectivity index (χ3v) is 15.9. The fraction of sp³-hybridized carbons (Fsp3) is 0.477. The maximum atomic E-state index is 16.6. The molecular weight excluding hydrogens is 793 g/mol. The van der Waals surface area contributed by atoms with Gasteiger partial charge in [-0.1, -0.05) is 43.2 Å². The zero-order chi connectivity index (χ0) is 40.9. The van der Waals surface area contributed by atoms with Gasteiger partial charge in [0.2, 0.25) is 17.7 Å². The number of esters is 1. The summed E-state index contributed by atoms with van der Waals surface area (Å²) in [6, 6.07) is 16.0. The number of nitrogens with zero attached hydrogens (tertiary/aromatic N) is 3. The molecule has 4 aromatic rings. The van der Waals surface area contributed by atoms with Crippen molar-refractivity contribution < 1.29 is 37.4 Å². The first-order valence-electron chi connectivity index (χ1n) is 20.8. The molecule has 3 aliphatic heterocycles. The Kier molecular flexibility index (Phi) is 10.8.